The maximum atomic E-state index is 4.80. The second-order valence-corrected chi connectivity index (χ2v) is 9.71. The van der Waals surface area contributed by atoms with Gasteiger partial charge in [0.1, 0.15) is 0 Å². The number of nitrogens with one attached hydrogen (secondary N) is 1. The van der Waals surface area contributed by atoms with Gasteiger partial charge in [0.05, 0.1) is 5.69 Å². The predicted octanol–water partition coefficient (Wildman–Crippen LogP) is 3.75. The zero-order valence-electron chi connectivity index (χ0n) is 13.3. The number of thioether (sulfide) groups is 1. The fourth-order valence-electron chi connectivity index (χ4n) is 2.09. The van der Waals surface area contributed by atoms with Gasteiger partial charge in [-0.25, -0.2) is 4.98 Å². The molecular weight excluding hydrogens is 286 g/mol. The fraction of sp³-hybridized carbons (Fsp3) is 0.800. The van der Waals surface area contributed by atoms with Gasteiger partial charge in [-0.15, -0.1) is 11.3 Å². The largest absolute Gasteiger partial charge is 0.347 e. The Morgan fingerprint density at radius 1 is 1.35 bits per heavy atom. The minimum Gasteiger partial charge on any atom is -0.347 e. The van der Waals surface area contributed by atoms with Crippen LogP contribution in [0, 0.1) is 0 Å². The highest BCUT2D eigenvalue weighted by atomic mass is 32.2. The van der Waals surface area contributed by atoms with Gasteiger partial charge in [-0.1, -0.05) is 13.8 Å². The van der Waals surface area contributed by atoms with E-state index in [4.69, 9.17) is 4.98 Å². The Morgan fingerprint density at radius 3 is 2.80 bits per heavy atom. The zero-order valence-corrected chi connectivity index (χ0v) is 15.0. The monoisotopic (exact) mass is 313 g/mol. The lowest BCUT2D eigenvalue weighted by atomic mass is 10.1. The van der Waals surface area contributed by atoms with E-state index in [-0.39, 0.29) is 5.54 Å². The van der Waals surface area contributed by atoms with E-state index in [0.29, 0.717) is 4.75 Å². The van der Waals surface area contributed by atoms with Gasteiger partial charge in [0.25, 0.3) is 0 Å². The summed E-state index contributed by atoms with van der Waals surface area (Å²) in [6.45, 7) is 14.4. The average molecular weight is 314 g/mol. The van der Waals surface area contributed by atoms with Gasteiger partial charge < -0.3 is 10.2 Å². The van der Waals surface area contributed by atoms with Crippen molar-refractivity contribution in [1.29, 1.82) is 0 Å². The van der Waals surface area contributed by atoms with Gasteiger partial charge in [0.15, 0.2) is 5.13 Å². The summed E-state index contributed by atoms with van der Waals surface area (Å²) in [5, 5.41) is 6.88. The molecule has 1 aliphatic heterocycles. The van der Waals surface area contributed by atoms with Gasteiger partial charge in [-0.3, -0.25) is 0 Å². The molecule has 0 aromatic carbocycles. The molecule has 3 nitrogen and oxygen atoms in total. The summed E-state index contributed by atoms with van der Waals surface area (Å²) in [4.78, 5) is 7.25. The number of anilines is 1. The van der Waals surface area contributed by atoms with Crippen LogP contribution < -0.4 is 10.2 Å². The molecule has 20 heavy (non-hydrogen) atoms. The third-order valence-electron chi connectivity index (χ3n) is 3.45. The normalized spacial score (nSPS) is 19.9. The standard InChI is InChI=1S/C15H27N3S2/c1-14(2,3)16-10-12-11-19-13(17-12)18-7-6-15(4,5)20-9-8-18/h11,16H,6-10H2,1-5H3. The predicted molar refractivity (Wildman–Crippen MR) is 92.1 cm³/mol. The third kappa shape index (κ3) is 4.93. The average Bonchev–Trinajstić information content (AvgIpc) is 2.71. The van der Waals surface area contributed by atoms with E-state index < -0.39 is 0 Å². The van der Waals surface area contributed by atoms with Crippen LogP contribution in [0.15, 0.2) is 5.38 Å². The molecule has 0 atom stereocenters. The SMILES string of the molecule is CC(C)(C)NCc1csc(N2CCSC(C)(C)CC2)n1. The summed E-state index contributed by atoms with van der Waals surface area (Å²) in [5.74, 6) is 1.20. The molecule has 0 spiro atoms. The highest BCUT2D eigenvalue weighted by molar-refractivity contribution is 8.00. The van der Waals surface area contributed by atoms with Crippen molar-refractivity contribution in [2.24, 2.45) is 0 Å². The number of nitrogens with zero attached hydrogens (tertiary/aromatic N) is 2. The molecule has 5 heteroatoms. The van der Waals surface area contributed by atoms with Gasteiger partial charge >= 0.3 is 0 Å². The molecule has 0 amide bonds. The summed E-state index contributed by atoms with van der Waals surface area (Å²) in [5.41, 5.74) is 1.31. The minimum atomic E-state index is 0.146. The topological polar surface area (TPSA) is 28.2 Å². The molecule has 0 bridgehead atoms. The van der Waals surface area contributed by atoms with Crippen LogP contribution in [0.4, 0.5) is 5.13 Å². The second-order valence-electron chi connectivity index (χ2n) is 7.07. The maximum absolute atomic E-state index is 4.80. The van der Waals surface area contributed by atoms with Crippen LogP contribution in [0.2, 0.25) is 0 Å². The first-order chi connectivity index (χ1) is 9.25. The van der Waals surface area contributed by atoms with E-state index in [1.807, 2.05) is 0 Å². The Morgan fingerprint density at radius 2 is 2.10 bits per heavy atom. The van der Waals surface area contributed by atoms with E-state index in [2.05, 4.69) is 62.0 Å². The molecular formula is C15H27N3S2. The first-order valence-electron chi connectivity index (χ1n) is 7.34. The molecule has 1 fully saturated rings. The highest BCUT2D eigenvalue weighted by Crippen LogP contribution is 2.33. The first-order valence-corrected chi connectivity index (χ1v) is 9.20. The third-order valence-corrected chi connectivity index (χ3v) is 5.77. The first kappa shape index (κ1) is 16.1. The number of hydrogen-bond donors (Lipinski definition) is 1. The van der Waals surface area contributed by atoms with Crippen LogP contribution in [-0.4, -0.2) is 34.1 Å². The summed E-state index contributed by atoms with van der Waals surface area (Å²) in [7, 11) is 0. The summed E-state index contributed by atoms with van der Waals surface area (Å²) >= 11 is 3.86. The van der Waals surface area contributed by atoms with Gasteiger partial charge in [0, 0.05) is 41.1 Å². The van der Waals surface area contributed by atoms with Gasteiger partial charge in [-0.2, -0.15) is 11.8 Å². The molecule has 1 N–H and O–H groups in total. The molecule has 2 heterocycles. The van der Waals surface area contributed by atoms with Crippen LogP contribution in [0.3, 0.4) is 0 Å². The lowest BCUT2D eigenvalue weighted by molar-refractivity contribution is 0.422. The Bertz CT molecular complexity index is 435. The van der Waals surface area contributed by atoms with E-state index >= 15 is 0 Å². The lowest BCUT2D eigenvalue weighted by Gasteiger charge is -2.22. The Labute approximate surface area is 131 Å². The minimum absolute atomic E-state index is 0.146. The van der Waals surface area contributed by atoms with Crippen molar-refractivity contribution >= 4 is 28.2 Å². The molecule has 0 aliphatic carbocycles. The Kier molecular flexibility index (Phi) is 5.03. The van der Waals surface area contributed by atoms with Crippen molar-refractivity contribution in [3.63, 3.8) is 0 Å². The van der Waals surface area contributed by atoms with Crippen molar-refractivity contribution in [3.05, 3.63) is 11.1 Å². The second kappa shape index (κ2) is 6.24. The Balaban J connectivity index is 1.95. The highest BCUT2D eigenvalue weighted by Gasteiger charge is 2.24. The van der Waals surface area contributed by atoms with Crippen molar-refractivity contribution < 1.29 is 0 Å². The molecule has 1 aliphatic rings. The summed E-state index contributed by atoms with van der Waals surface area (Å²) < 4.78 is 0.405. The van der Waals surface area contributed by atoms with Crippen LogP contribution >= 0.6 is 23.1 Å². The molecule has 1 aromatic heterocycles. The van der Waals surface area contributed by atoms with E-state index in [1.165, 1.54) is 17.3 Å². The van der Waals surface area contributed by atoms with Crippen molar-refractivity contribution in [2.45, 2.75) is 57.9 Å². The summed E-state index contributed by atoms with van der Waals surface area (Å²) in [6.07, 6.45) is 1.23. The molecule has 1 saturated heterocycles. The molecule has 0 saturated carbocycles. The van der Waals surface area contributed by atoms with Crippen molar-refractivity contribution in [1.82, 2.24) is 10.3 Å². The number of rotatable bonds is 3. The van der Waals surface area contributed by atoms with Gasteiger partial charge in [0.2, 0.25) is 0 Å². The fourth-order valence-corrected chi connectivity index (χ4v) is 4.07. The number of thiazole rings is 1. The number of hydrogen-bond acceptors (Lipinski definition) is 5. The molecule has 0 radical (unpaired) electrons. The summed E-state index contributed by atoms with van der Waals surface area (Å²) in [6, 6.07) is 0. The van der Waals surface area contributed by atoms with E-state index in [0.717, 1.165) is 25.3 Å². The zero-order chi connectivity index (χ0) is 14.8. The van der Waals surface area contributed by atoms with Crippen molar-refractivity contribution in [2.75, 3.05) is 23.7 Å². The van der Waals surface area contributed by atoms with E-state index in [1.54, 1.807) is 11.3 Å². The van der Waals surface area contributed by atoms with Crippen LogP contribution in [-0.2, 0) is 6.54 Å². The lowest BCUT2D eigenvalue weighted by Crippen LogP contribution is -2.35. The van der Waals surface area contributed by atoms with Crippen LogP contribution in [0.25, 0.3) is 0 Å². The molecule has 0 unspecified atom stereocenters. The maximum Gasteiger partial charge on any atom is 0.185 e. The molecule has 114 valence electrons. The number of aromatic nitrogens is 1. The van der Waals surface area contributed by atoms with Gasteiger partial charge in [-0.05, 0) is 27.2 Å². The smallest absolute Gasteiger partial charge is 0.185 e. The van der Waals surface area contributed by atoms with Crippen LogP contribution in [0.1, 0.15) is 46.7 Å². The molecule has 1 aromatic rings. The Hall–Kier alpha value is -0.260. The van der Waals surface area contributed by atoms with Crippen LogP contribution in [0.5, 0.6) is 0 Å². The van der Waals surface area contributed by atoms with E-state index in [9.17, 15) is 0 Å². The van der Waals surface area contributed by atoms with Crippen molar-refractivity contribution in [3.8, 4) is 0 Å². The quantitative estimate of drug-likeness (QED) is 0.920. The molecule has 2 rings (SSSR count).